The van der Waals surface area contributed by atoms with E-state index in [4.69, 9.17) is 10.5 Å². The Labute approximate surface area is 216 Å². The van der Waals surface area contributed by atoms with Crippen LogP contribution in [-0.2, 0) is 22.4 Å². The number of anilines is 1. The van der Waals surface area contributed by atoms with E-state index in [1.165, 1.54) is 16.4 Å². The summed E-state index contributed by atoms with van der Waals surface area (Å²) in [6.45, 7) is 6.69. The third-order valence-corrected chi connectivity index (χ3v) is 6.11. The van der Waals surface area contributed by atoms with Crippen LogP contribution in [0.5, 0.6) is 5.75 Å². The molecule has 0 bridgehead atoms. The number of primary amides is 1. The van der Waals surface area contributed by atoms with Gasteiger partial charge in [-0.25, -0.2) is 4.79 Å². The standard InChI is InChI=1S/C24H26NO2P.C5H11NO2/c26-24(16-19-4-2-1-3-5-19)25(14-12-18-6-9-22(28)10-7-18)21-8-11-23-20(17-21)13-15-27-23;1-5(2,3)8-4(6)7/h2,4-11,17H,1,3,12-16,28H2;1-3H3,(H2,6,7). The highest BCUT2D eigenvalue weighted by molar-refractivity contribution is 7.27. The van der Waals surface area contributed by atoms with Crippen LogP contribution < -0.4 is 20.7 Å². The molecule has 0 aromatic heterocycles. The predicted octanol–water partition coefficient (Wildman–Crippen LogP) is 5.24. The highest BCUT2D eigenvalue weighted by Gasteiger charge is 2.20. The molecule has 6 nitrogen and oxygen atoms in total. The van der Waals surface area contributed by atoms with E-state index in [-0.39, 0.29) is 5.91 Å². The van der Waals surface area contributed by atoms with Gasteiger partial charge in [-0.2, -0.15) is 0 Å². The van der Waals surface area contributed by atoms with Crippen molar-refractivity contribution in [2.75, 3.05) is 18.1 Å². The van der Waals surface area contributed by atoms with Crippen LogP contribution in [0.15, 0.2) is 66.3 Å². The molecular formula is C29H37N2O4P. The average Bonchev–Trinajstić information content (AvgIpc) is 3.28. The summed E-state index contributed by atoms with van der Waals surface area (Å²) in [5.41, 5.74) is 8.79. The average molecular weight is 509 g/mol. The van der Waals surface area contributed by atoms with Gasteiger partial charge in [-0.3, -0.25) is 4.79 Å². The fourth-order valence-electron chi connectivity index (χ4n) is 4.03. The van der Waals surface area contributed by atoms with E-state index in [2.05, 4.69) is 62.5 Å². The lowest BCUT2D eigenvalue weighted by Gasteiger charge is -2.24. The fraction of sp³-hybridized carbons (Fsp3) is 0.379. The van der Waals surface area contributed by atoms with Gasteiger partial charge in [0.1, 0.15) is 11.4 Å². The normalized spacial score (nSPS) is 14.1. The molecule has 192 valence electrons. The van der Waals surface area contributed by atoms with Gasteiger partial charge in [0.05, 0.1) is 13.0 Å². The topological polar surface area (TPSA) is 81.9 Å². The molecule has 36 heavy (non-hydrogen) atoms. The van der Waals surface area contributed by atoms with Crippen molar-refractivity contribution < 1.29 is 19.1 Å². The monoisotopic (exact) mass is 508 g/mol. The molecule has 1 heterocycles. The zero-order valence-electron chi connectivity index (χ0n) is 21.5. The Bertz CT molecular complexity index is 1120. The highest BCUT2D eigenvalue weighted by Crippen LogP contribution is 2.30. The number of carbonyl (C=O) groups excluding carboxylic acids is 2. The van der Waals surface area contributed by atoms with Crippen molar-refractivity contribution in [2.45, 2.75) is 58.5 Å². The van der Waals surface area contributed by atoms with Crippen LogP contribution in [0, 0.1) is 0 Å². The molecule has 0 saturated carbocycles. The Morgan fingerprint density at radius 2 is 1.86 bits per heavy atom. The minimum absolute atomic E-state index is 0.152. The predicted molar refractivity (Wildman–Crippen MR) is 149 cm³/mol. The van der Waals surface area contributed by atoms with Crippen LogP contribution in [0.2, 0.25) is 0 Å². The van der Waals surface area contributed by atoms with E-state index in [0.717, 1.165) is 49.3 Å². The third-order valence-electron chi connectivity index (χ3n) is 5.72. The molecule has 0 spiro atoms. The van der Waals surface area contributed by atoms with Crippen LogP contribution in [0.25, 0.3) is 0 Å². The summed E-state index contributed by atoms with van der Waals surface area (Å²) in [6.07, 6.45) is 10.00. The number of carbonyl (C=O) groups is 2. The van der Waals surface area contributed by atoms with Gasteiger partial charge in [0.25, 0.3) is 0 Å². The van der Waals surface area contributed by atoms with Crippen molar-refractivity contribution in [3.63, 3.8) is 0 Å². The number of hydrogen-bond donors (Lipinski definition) is 1. The quantitative estimate of drug-likeness (QED) is 0.541. The van der Waals surface area contributed by atoms with Crippen molar-refractivity contribution in [2.24, 2.45) is 5.73 Å². The number of rotatable bonds is 6. The molecule has 2 N–H and O–H groups in total. The first-order chi connectivity index (χ1) is 17.1. The van der Waals surface area contributed by atoms with Crippen molar-refractivity contribution in [3.05, 3.63) is 77.4 Å². The maximum Gasteiger partial charge on any atom is 0.405 e. The molecule has 0 radical (unpaired) electrons. The van der Waals surface area contributed by atoms with Gasteiger partial charge in [0, 0.05) is 18.7 Å². The lowest BCUT2D eigenvalue weighted by Crippen LogP contribution is -2.33. The highest BCUT2D eigenvalue weighted by atomic mass is 31.0. The van der Waals surface area contributed by atoms with E-state index < -0.39 is 11.7 Å². The van der Waals surface area contributed by atoms with Gasteiger partial charge >= 0.3 is 6.09 Å². The molecule has 7 heteroatoms. The van der Waals surface area contributed by atoms with E-state index in [1.807, 2.05) is 17.0 Å². The number of amides is 2. The molecule has 4 rings (SSSR count). The Morgan fingerprint density at radius 1 is 1.11 bits per heavy atom. The molecule has 2 aromatic rings. The zero-order valence-corrected chi connectivity index (χ0v) is 22.6. The summed E-state index contributed by atoms with van der Waals surface area (Å²) in [7, 11) is 2.71. The summed E-state index contributed by atoms with van der Waals surface area (Å²) in [4.78, 5) is 25.2. The SMILES string of the molecule is CC(C)(C)OC(N)=O.O=C(CC1=CCCC=C1)N(CCc1ccc(P)cc1)c1ccc2c(c1)CCO2. The summed E-state index contributed by atoms with van der Waals surface area (Å²) >= 11 is 0. The Balaban J connectivity index is 0.000000392. The molecule has 2 aliphatic rings. The van der Waals surface area contributed by atoms with Gasteiger partial charge in [0.15, 0.2) is 0 Å². The summed E-state index contributed by atoms with van der Waals surface area (Å²) < 4.78 is 10.2. The van der Waals surface area contributed by atoms with Crippen molar-refractivity contribution >= 4 is 32.2 Å². The molecule has 1 aliphatic carbocycles. The van der Waals surface area contributed by atoms with Gasteiger partial charge in [-0.05, 0) is 80.2 Å². The van der Waals surface area contributed by atoms with Crippen LogP contribution in [0.1, 0.15) is 51.2 Å². The minimum Gasteiger partial charge on any atom is -0.493 e. The Morgan fingerprint density at radius 3 is 2.47 bits per heavy atom. The summed E-state index contributed by atoms with van der Waals surface area (Å²) in [5, 5.41) is 1.17. The number of nitrogens with zero attached hydrogens (tertiary/aromatic N) is 1. The Kier molecular flexibility index (Phi) is 9.72. The summed E-state index contributed by atoms with van der Waals surface area (Å²) in [5.74, 6) is 1.10. The number of hydrogen-bond acceptors (Lipinski definition) is 4. The number of ether oxygens (including phenoxy) is 2. The smallest absolute Gasteiger partial charge is 0.405 e. The van der Waals surface area contributed by atoms with Crippen molar-refractivity contribution in [3.8, 4) is 5.75 Å². The molecule has 0 fully saturated rings. The van der Waals surface area contributed by atoms with Crippen molar-refractivity contribution in [1.29, 1.82) is 0 Å². The number of allylic oxidation sites excluding steroid dienone is 3. The van der Waals surface area contributed by atoms with E-state index >= 15 is 0 Å². The second-order valence-electron chi connectivity index (χ2n) is 9.90. The first-order valence-electron chi connectivity index (χ1n) is 12.4. The third kappa shape index (κ3) is 8.83. The number of benzene rings is 2. The second-order valence-corrected chi connectivity index (χ2v) is 10.6. The molecule has 2 amide bonds. The van der Waals surface area contributed by atoms with Crippen LogP contribution in [0.3, 0.4) is 0 Å². The maximum atomic E-state index is 13.2. The Hall–Kier alpha value is -3.11. The summed E-state index contributed by atoms with van der Waals surface area (Å²) in [6, 6.07) is 14.6. The molecular weight excluding hydrogens is 471 g/mol. The van der Waals surface area contributed by atoms with E-state index in [0.29, 0.717) is 13.0 Å². The molecule has 2 aromatic carbocycles. The zero-order chi connectivity index (χ0) is 26.1. The molecule has 1 aliphatic heterocycles. The van der Waals surface area contributed by atoms with Crippen LogP contribution in [-0.4, -0.2) is 30.8 Å². The second kappa shape index (κ2) is 12.7. The number of nitrogens with two attached hydrogens (primary N) is 1. The van der Waals surface area contributed by atoms with Crippen LogP contribution >= 0.6 is 9.24 Å². The lowest BCUT2D eigenvalue weighted by atomic mass is 10.0. The van der Waals surface area contributed by atoms with Gasteiger partial charge < -0.3 is 20.1 Å². The molecule has 0 saturated heterocycles. The molecule has 1 atom stereocenters. The minimum atomic E-state index is -0.725. The maximum absolute atomic E-state index is 13.2. The van der Waals surface area contributed by atoms with Crippen molar-refractivity contribution in [1.82, 2.24) is 0 Å². The number of fused-ring (bicyclic) bond motifs is 1. The van der Waals surface area contributed by atoms with Crippen LogP contribution in [0.4, 0.5) is 10.5 Å². The molecule has 1 unspecified atom stereocenters. The first kappa shape index (κ1) is 27.5. The van der Waals surface area contributed by atoms with E-state index in [9.17, 15) is 9.59 Å². The largest absolute Gasteiger partial charge is 0.493 e. The lowest BCUT2D eigenvalue weighted by molar-refractivity contribution is -0.117. The van der Waals surface area contributed by atoms with Gasteiger partial charge in [0.2, 0.25) is 5.91 Å². The van der Waals surface area contributed by atoms with E-state index in [1.54, 1.807) is 20.8 Å². The fourth-order valence-corrected chi connectivity index (χ4v) is 4.23. The van der Waals surface area contributed by atoms with Gasteiger partial charge in [-0.1, -0.05) is 42.5 Å². The first-order valence-corrected chi connectivity index (χ1v) is 12.9. The van der Waals surface area contributed by atoms with Gasteiger partial charge in [-0.15, -0.1) is 9.24 Å².